The van der Waals surface area contributed by atoms with Crippen molar-refractivity contribution in [1.29, 1.82) is 0 Å². The standard InChI is InChI=1S/C16H19BrFNS/c1-3-8-19-14(15-9-11(2)16(17)20-15)10-12-6-4-5-7-13(12)18/h4-7,9,14,19H,3,8,10H2,1-2H3. The predicted molar refractivity (Wildman–Crippen MR) is 87.9 cm³/mol. The molecule has 0 spiro atoms. The van der Waals surface area contributed by atoms with Gasteiger partial charge in [0.15, 0.2) is 0 Å². The normalized spacial score (nSPS) is 12.6. The molecule has 1 unspecified atom stereocenters. The van der Waals surface area contributed by atoms with Crippen LogP contribution in [0, 0.1) is 12.7 Å². The van der Waals surface area contributed by atoms with Gasteiger partial charge in [0.05, 0.1) is 3.79 Å². The van der Waals surface area contributed by atoms with E-state index in [-0.39, 0.29) is 11.9 Å². The van der Waals surface area contributed by atoms with Gasteiger partial charge in [-0.2, -0.15) is 0 Å². The number of thiophene rings is 1. The summed E-state index contributed by atoms with van der Waals surface area (Å²) in [5, 5.41) is 3.52. The highest BCUT2D eigenvalue weighted by Gasteiger charge is 2.17. The first-order valence-corrected chi connectivity index (χ1v) is 8.45. The topological polar surface area (TPSA) is 12.0 Å². The van der Waals surface area contributed by atoms with Crippen molar-refractivity contribution in [1.82, 2.24) is 5.32 Å². The van der Waals surface area contributed by atoms with E-state index < -0.39 is 0 Å². The first kappa shape index (κ1) is 15.7. The van der Waals surface area contributed by atoms with E-state index in [2.05, 4.69) is 41.2 Å². The summed E-state index contributed by atoms with van der Waals surface area (Å²) in [6.07, 6.45) is 1.75. The van der Waals surface area contributed by atoms with Gasteiger partial charge in [0.1, 0.15) is 5.82 Å². The molecular formula is C16H19BrFNS. The Morgan fingerprint density at radius 2 is 2.10 bits per heavy atom. The van der Waals surface area contributed by atoms with Crippen LogP contribution in [0.2, 0.25) is 0 Å². The lowest BCUT2D eigenvalue weighted by atomic mass is 10.0. The van der Waals surface area contributed by atoms with Crippen LogP contribution in [0.5, 0.6) is 0 Å². The van der Waals surface area contributed by atoms with E-state index in [1.54, 1.807) is 17.4 Å². The Kier molecular flexibility index (Phi) is 5.75. The van der Waals surface area contributed by atoms with Gasteiger partial charge >= 0.3 is 0 Å². The fraction of sp³-hybridized carbons (Fsp3) is 0.375. The van der Waals surface area contributed by atoms with E-state index in [0.717, 1.165) is 22.3 Å². The van der Waals surface area contributed by atoms with Crippen molar-refractivity contribution in [2.75, 3.05) is 6.54 Å². The van der Waals surface area contributed by atoms with Crippen molar-refractivity contribution in [2.45, 2.75) is 32.7 Å². The van der Waals surface area contributed by atoms with E-state index in [1.165, 1.54) is 16.5 Å². The molecule has 1 aromatic carbocycles. The van der Waals surface area contributed by atoms with Gasteiger partial charge in [0, 0.05) is 10.9 Å². The summed E-state index contributed by atoms with van der Waals surface area (Å²) in [6.45, 7) is 5.17. The maximum atomic E-state index is 13.8. The first-order valence-electron chi connectivity index (χ1n) is 6.84. The number of rotatable bonds is 6. The van der Waals surface area contributed by atoms with Crippen LogP contribution in [0.25, 0.3) is 0 Å². The first-order chi connectivity index (χ1) is 9.61. The van der Waals surface area contributed by atoms with Crippen LogP contribution >= 0.6 is 27.3 Å². The van der Waals surface area contributed by atoms with Crippen molar-refractivity contribution >= 4 is 27.3 Å². The van der Waals surface area contributed by atoms with E-state index >= 15 is 0 Å². The molecule has 0 bridgehead atoms. The van der Waals surface area contributed by atoms with Gasteiger partial charge in [0.25, 0.3) is 0 Å². The molecule has 0 aliphatic carbocycles. The molecule has 1 N–H and O–H groups in total. The third kappa shape index (κ3) is 3.90. The van der Waals surface area contributed by atoms with E-state index in [4.69, 9.17) is 0 Å². The highest BCUT2D eigenvalue weighted by Crippen LogP contribution is 2.33. The lowest BCUT2D eigenvalue weighted by Gasteiger charge is -2.17. The molecule has 1 nitrogen and oxygen atoms in total. The maximum absolute atomic E-state index is 13.8. The van der Waals surface area contributed by atoms with Gasteiger partial charge < -0.3 is 5.32 Å². The third-order valence-electron chi connectivity index (χ3n) is 3.24. The van der Waals surface area contributed by atoms with Gasteiger partial charge in [-0.25, -0.2) is 4.39 Å². The Morgan fingerprint density at radius 1 is 1.35 bits per heavy atom. The van der Waals surface area contributed by atoms with Crippen LogP contribution in [0.4, 0.5) is 4.39 Å². The molecule has 2 rings (SSSR count). The van der Waals surface area contributed by atoms with Crippen molar-refractivity contribution in [3.05, 3.63) is 55.9 Å². The fourth-order valence-electron chi connectivity index (χ4n) is 2.13. The summed E-state index contributed by atoms with van der Waals surface area (Å²) in [6, 6.07) is 9.38. The second-order valence-electron chi connectivity index (χ2n) is 4.91. The predicted octanol–water partition coefficient (Wildman–Crippen LogP) is 5.24. The van der Waals surface area contributed by atoms with Crippen molar-refractivity contribution in [3.8, 4) is 0 Å². The van der Waals surface area contributed by atoms with Gasteiger partial charge in [-0.1, -0.05) is 25.1 Å². The number of nitrogens with one attached hydrogen (secondary N) is 1. The Bertz CT molecular complexity index is 548. The van der Waals surface area contributed by atoms with E-state index in [0.29, 0.717) is 6.42 Å². The van der Waals surface area contributed by atoms with Crippen LogP contribution in [0.15, 0.2) is 34.1 Å². The highest BCUT2D eigenvalue weighted by atomic mass is 79.9. The average Bonchev–Trinajstić information content (AvgIpc) is 2.76. The lowest BCUT2D eigenvalue weighted by Crippen LogP contribution is -2.23. The molecule has 0 saturated carbocycles. The Hall–Kier alpha value is -0.710. The third-order valence-corrected chi connectivity index (χ3v) is 5.49. The SMILES string of the molecule is CCCNC(Cc1ccccc1F)c1cc(C)c(Br)s1. The minimum absolute atomic E-state index is 0.122. The van der Waals surface area contributed by atoms with Gasteiger partial charge in [0.2, 0.25) is 0 Å². The summed E-state index contributed by atoms with van der Waals surface area (Å²) in [7, 11) is 0. The van der Waals surface area contributed by atoms with Crippen LogP contribution < -0.4 is 5.32 Å². The summed E-state index contributed by atoms with van der Waals surface area (Å²) in [4.78, 5) is 1.26. The highest BCUT2D eigenvalue weighted by molar-refractivity contribution is 9.11. The van der Waals surface area contributed by atoms with Gasteiger partial charge in [-0.05, 0) is 65.5 Å². The van der Waals surface area contributed by atoms with Crippen molar-refractivity contribution in [3.63, 3.8) is 0 Å². The molecule has 0 saturated heterocycles. The average molecular weight is 356 g/mol. The Morgan fingerprint density at radius 3 is 2.70 bits per heavy atom. The fourth-order valence-corrected chi connectivity index (χ4v) is 3.78. The Labute approximate surface area is 132 Å². The summed E-state index contributed by atoms with van der Waals surface area (Å²) in [5.41, 5.74) is 2.00. The zero-order valence-corrected chi connectivity index (χ0v) is 14.2. The molecule has 0 aliphatic heterocycles. The molecule has 4 heteroatoms. The number of benzene rings is 1. The molecule has 2 aromatic rings. The van der Waals surface area contributed by atoms with Crippen LogP contribution in [-0.4, -0.2) is 6.54 Å². The maximum Gasteiger partial charge on any atom is 0.126 e. The van der Waals surface area contributed by atoms with Crippen LogP contribution in [0.1, 0.15) is 35.4 Å². The second kappa shape index (κ2) is 7.34. The molecular weight excluding hydrogens is 337 g/mol. The largest absolute Gasteiger partial charge is 0.309 e. The number of halogens is 2. The molecule has 0 aliphatic rings. The lowest BCUT2D eigenvalue weighted by molar-refractivity contribution is 0.519. The monoisotopic (exact) mass is 355 g/mol. The molecule has 1 atom stereocenters. The summed E-state index contributed by atoms with van der Waals surface area (Å²) in [5.74, 6) is -0.122. The molecule has 1 heterocycles. The Balaban J connectivity index is 2.21. The van der Waals surface area contributed by atoms with Gasteiger partial charge in [-0.15, -0.1) is 11.3 Å². The van der Waals surface area contributed by atoms with Crippen LogP contribution in [0.3, 0.4) is 0 Å². The van der Waals surface area contributed by atoms with Crippen molar-refractivity contribution < 1.29 is 4.39 Å². The minimum Gasteiger partial charge on any atom is -0.309 e. The smallest absolute Gasteiger partial charge is 0.126 e. The molecule has 0 radical (unpaired) electrons. The minimum atomic E-state index is -0.122. The van der Waals surface area contributed by atoms with Gasteiger partial charge in [-0.3, -0.25) is 0 Å². The molecule has 0 fully saturated rings. The van der Waals surface area contributed by atoms with E-state index in [9.17, 15) is 4.39 Å². The van der Waals surface area contributed by atoms with Crippen LogP contribution in [-0.2, 0) is 6.42 Å². The number of aryl methyl sites for hydroxylation is 1. The number of hydrogen-bond donors (Lipinski definition) is 1. The second-order valence-corrected chi connectivity index (χ2v) is 7.31. The summed E-state index contributed by atoms with van der Waals surface area (Å²) >= 11 is 5.30. The number of hydrogen-bond acceptors (Lipinski definition) is 2. The molecule has 108 valence electrons. The summed E-state index contributed by atoms with van der Waals surface area (Å²) < 4.78 is 15.0. The quantitative estimate of drug-likeness (QED) is 0.746. The molecule has 1 aromatic heterocycles. The molecule has 20 heavy (non-hydrogen) atoms. The van der Waals surface area contributed by atoms with E-state index in [1.807, 2.05) is 12.1 Å². The zero-order valence-electron chi connectivity index (χ0n) is 11.7. The zero-order chi connectivity index (χ0) is 14.5. The molecule has 0 amide bonds. The van der Waals surface area contributed by atoms with Crippen molar-refractivity contribution in [2.24, 2.45) is 0 Å².